The Bertz CT molecular complexity index is 1180. The van der Waals surface area contributed by atoms with Crippen LogP contribution >= 0.6 is 0 Å². The molecule has 1 amide bonds. The van der Waals surface area contributed by atoms with Crippen molar-refractivity contribution in [3.8, 4) is 5.69 Å². The molecule has 0 fully saturated rings. The van der Waals surface area contributed by atoms with Crippen molar-refractivity contribution in [2.75, 3.05) is 0 Å². The molecule has 0 saturated carbocycles. The molecular weight excluding hydrogens is 385 g/mol. The van der Waals surface area contributed by atoms with Gasteiger partial charge in [-0.1, -0.05) is 26.0 Å². The van der Waals surface area contributed by atoms with Gasteiger partial charge in [0.05, 0.1) is 28.3 Å². The molecule has 1 N–H and O–H groups in total. The molecule has 154 valence electrons. The van der Waals surface area contributed by atoms with E-state index in [1.54, 1.807) is 0 Å². The number of imidazole rings is 1. The molecule has 0 aliphatic heterocycles. The number of halogens is 1. The number of benzene rings is 2. The van der Waals surface area contributed by atoms with Gasteiger partial charge < -0.3 is 9.88 Å². The van der Waals surface area contributed by atoms with Crippen molar-refractivity contribution in [1.82, 2.24) is 35.1 Å². The maximum absolute atomic E-state index is 14.0. The Labute approximate surface area is 172 Å². The van der Waals surface area contributed by atoms with Crippen molar-refractivity contribution in [2.45, 2.75) is 26.3 Å². The summed E-state index contributed by atoms with van der Waals surface area (Å²) in [5.74, 6) is 0.123. The van der Waals surface area contributed by atoms with Gasteiger partial charge in [0.2, 0.25) is 0 Å². The number of carbonyl (C=O) groups excluding carboxylic acids is 1. The van der Waals surface area contributed by atoms with Gasteiger partial charge in [0, 0.05) is 7.05 Å². The van der Waals surface area contributed by atoms with Gasteiger partial charge in [0.15, 0.2) is 0 Å². The molecule has 4 rings (SSSR count). The Hall–Kier alpha value is -3.62. The molecular formula is C21H22FN7O. The Morgan fingerprint density at radius 2 is 2.00 bits per heavy atom. The Morgan fingerprint density at radius 3 is 2.70 bits per heavy atom. The first-order valence-corrected chi connectivity index (χ1v) is 9.69. The van der Waals surface area contributed by atoms with Crippen LogP contribution in [0.25, 0.3) is 16.7 Å². The van der Waals surface area contributed by atoms with Gasteiger partial charge in [-0.05, 0) is 53.1 Å². The summed E-state index contributed by atoms with van der Waals surface area (Å²) in [4.78, 5) is 17.9. The second-order valence-electron chi connectivity index (χ2n) is 7.59. The third kappa shape index (κ3) is 3.78. The van der Waals surface area contributed by atoms with E-state index < -0.39 is 11.7 Å². The van der Waals surface area contributed by atoms with Crippen LogP contribution < -0.4 is 5.32 Å². The molecule has 0 aliphatic carbocycles. The van der Waals surface area contributed by atoms with Crippen molar-refractivity contribution in [2.24, 2.45) is 13.0 Å². The fourth-order valence-electron chi connectivity index (χ4n) is 3.57. The minimum atomic E-state index is -0.514. The van der Waals surface area contributed by atoms with Gasteiger partial charge >= 0.3 is 0 Å². The molecule has 2 heterocycles. The Morgan fingerprint density at radius 1 is 1.20 bits per heavy atom. The number of amides is 1. The van der Waals surface area contributed by atoms with Crippen LogP contribution in [0, 0.1) is 11.7 Å². The number of nitrogens with zero attached hydrogens (tertiary/aromatic N) is 6. The predicted molar refractivity (Wildman–Crippen MR) is 109 cm³/mol. The maximum atomic E-state index is 14.0. The number of tetrazole rings is 1. The van der Waals surface area contributed by atoms with E-state index in [2.05, 4.69) is 34.7 Å². The minimum absolute atomic E-state index is 0.148. The highest BCUT2D eigenvalue weighted by molar-refractivity contribution is 5.98. The van der Waals surface area contributed by atoms with Gasteiger partial charge in [0.25, 0.3) is 5.91 Å². The van der Waals surface area contributed by atoms with Gasteiger partial charge in [-0.3, -0.25) is 4.79 Å². The Kier molecular flexibility index (Phi) is 5.26. The number of hydrogen-bond donors (Lipinski definition) is 1. The number of aromatic nitrogens is 6. The summed E-state index contributed by atoms with van der Waals surface area (Å²) in [6, 6.07) is 11.4. The highest BCUT2D eigenvalue weighted by Gasteiger charge is 2.24. The third-order valence-electron chi connectivity index (χ3n) is 4.94. The molecule has 0 saturated heterocycles. The molecule has 0 unspecified atom stereocenters. The quantitative estimate of drug-likeness (QED) is 0.530. The summed E-state index contributed by atoms with van der Waals surface area (Å²) in [5, 5.41) is 14.1. The average molecular weight is 407 g/mol. The minimum Gasteiger partial charge on any atom is -0.342 e. The summed E-state index contributed by atoms with van der Waals surface area (Å²) in [5.41, 5.74) is 2.38. The number of rotatable bonds is 6. The molecule has 1 atom stereocenters. The standard InChI is InChI=1S/C21H22FN7O/c1-13(2)10-17(20-24-16-6-4-5-7-19(16)28(20)3)25-21(30)15-11-14(22)8-9-18(15)29-12-23-26-27-29/h4-9,11-13,17H,10H2,1-3H3,(H,25,30)/t17-/m0/s1. The average Bonchev–Trinajstić information content (AvgIpc) is 3.36. The second kappa shape index (κ2) is 8.02. The first-order valence-electron chi connectivity index (χ1n) is 9.69. The molecule has 30 heavy (non-hydrogen) atoms. The lowest BCUT2D eigenvalue weighted by Crippen LogP contribution is -2.32. The largest absolute Gasteiger partial charge is 0.342 e. The van der Waals surface area contributed by atoms with E-state index in [1.807, 2.05) is 35.9 Å². The normalized spacial score (nSPS) is 12.4. The van der Waals surface area contributed by atoms with Crippen LogP contribution in [0.3, 0.4) is 0 Å². The maximum Gasteiger partial charge on any atom is 0.254 e. The van der Waals surface area contributed by atoms with Crippen molar-refractivity contribution >= 4 is 16.9 Å². The first-order chi connectivity index (χ1) is 14.4. The van der Waals surface area contributed by atoms with Crippen LogP contribution in [0.5, 0.6) is 0 Å². The zero-order valence-electron chi connectivity index (χ0n) is 17.0. The number of aryl methyl sites for hydroxylation is 1. The van der Waals surface area contributed by atoms with Crippen molar-refractivity contribution in [3.05, 3.63) is 66.0 Å². The summed E-state index contributed by atoms with van der Waals surface area (Å²) in [7, 11) is 1.93. The zero-order chi connectivity index (χ0) is 21.3. The van der Waals surface area contributed by atoms with Gasteiger partial charge in [-0.25, -0.2) is 9.37 Å². The number of fused-ring (bicyclic) bond motifs is 1. The van der Waals surface area contributed by atoms with Crippen LogP contribution in [0.4, 0.5) is 4.39 Å². The SMILES string of the molecule is CC(C)C[C@H](NC(=O)c1cc(F)ccc1-n1cnnn1)c1nc2ccccc2n1C. The van der Waals surface area contributed by atoms with E-state index in [0.717, 1.165) is 16.9 Å². The van der Waals surface area contributed by atoms with Crippen molar-refractivity contribution in [3.63, 3.8) is 0 Å². The first kappa shape index (κ1) is 19.7. The molecule has 4 aromatic rings. The van der Waals surface area contributed by atoms with Gasteiger partial charge in [0.1, 0.15) is 18.0 Å². The number of nitrogens with one attached hydrogen (secondary N) is 1. The zero-order valence-corrected chi connectivity index (χ0v) is 17.0. The molecule has 0 bridgehead atoms. The van der Waals surface area contributed by atoms with E-state index in [-0.39, 0.29) is 11.6 Å². The topological polar surface area (TPSA) is 90.5 Å². The molecule has 2 aromatic carbocycles. The van der Waals surface area contributed by atoms with Crippen molar-refractivity contribution in [1.29, 1.82) is 0 Å². The number of hydrogen-bond acceptors (Lipinski definition) is 5. The van der Waals surface area contributed by atoms with Crippen LogP contribution in [-0.2, 0) is 7.05 Å². The summed E-state index contributed by atoms with van der Waals surface area (Å²) < 4.78 is 17.3. The predicted octanol–water partition coefficient (Wildman–Crippen LogP) is 3.21. The van der Waals surface area contributed by atoms with Gasteiger partial charge in [-0.2, -0.15) is 4.68 Å². The van der Waals surface area contributed by atoms with Crippen LogP contribution in [-0.4, -0.2) is 35.7 Å². The van der Waals surface area contributed by atoms with Crippen LogP contribution in [0.1, 0.15) is 42.5 Å². The van der Waals surface area contributed by atoms with E-state index in [0.29, 0.717) is 18.0 Å². The summed E-state index contributed by atoms with van der Waals surface area (Å²) >= 11 is 0. The van der Waals surface area contributed by atoms with Crippen molar-refractivity contribution < 1.29 is 9.18 Å². The van der Waals surface area contributed by atoms with Crippen LogP contribution in [0.15, 0.2) is 48.8 Å². The lowest BCUT2D eigenvalue weighted by Gasteiger charge is -2.21. The molecule has 0 radical (unpaired) electrons. The fourth-order valence-corrected chi connectivity index (χ4v) is 3.57. The highest BCUT2D eigenvalue weighted by Crippen LogP contribution is 2.25. The van der Waals surface area contributed by atoms with Crippen LogP contribution in [0.2, 0.25) is 0 Å². The van der Waals surface area contributed by atoms with E-state index in [1.165, 1.54) is 29.2 Å². The smallest absolute Gasteiger partial charge is 0.254 e. The fraction of sp³-hybridized carbons (Fsp3) is 0.286. The second-order valence-corrected chi connectivity index (χ2v) is 7.59. The Balaban J connectivity index is 1.72. The van der Waals surface area contributed by atoms with E-state index >= 15 is 0 Å². The van der Waals surface area contributed by atoms with E-state index in [9.17, 15) is 9.18 Å². The molecule has 2 aromatic heterocycles. The number of para-hydroxylation sites is 2. The molecule has 8 nitrogen and oxygen atoms in total. The van der Waals surface area contributed by atoms with E-state index in [4.69, 9.17) is 4.98 Å². The summed E-state index contributed by atoms with van der Waals surface area (Å²) in [6.45, 7) is 4.16. The summed E-state index contributed by atoms with van der Waals surface area (Å²) in [6.07, 6.45) is 2.04. The molecule has 9 heteroatoms. The number of carbonyl (C=O) groups is 1. The lowest BCUT2D eigenvalue weighted by atomic mass is 10.0. The highest BCUT2D eigenvalue weighted by atomic mass is 19.1. The molecule has 0 aliphatic rings. The van der Waals surface area contributed by atoms with Gasteiger partial charge in [-0.15, -0.1) is 5.10 Å². The molecule has 0 spiro atoms. The third-order valence-corrected chi connectivity index (χ3v) is 4.94. The monoisotopic (exact) mass is 407 g/mol. The lowest BCUT2D eigenvalue weighted by molar-refractivity contribution is 0.0928.